The zero-order chi connectivity index (χ0) is 15.9. The zero-order valence-corrected chi connectivity index (χ0v) is 19.1. The fourth-order valence-corrected chi connectivity index (χ4v) is 1.47. The minimum Gasteiger partial charge on any atom is -0.595 e. The number of hydrogen-bond acceptors (Lipinski definition) is 5. The Morgan fingerprint density at radius 1 is 1.30 bits per heavy atom. The molecule has 1 aromatic rings. The van der Waals surface area contributed by atoms with E-state index in [1.165, 1.54) is 0 Å². The molecule has 0 saturated carbocycles. The largest absolute Gasteiger partial charge is 0.595 e. The minimum atomic E-state index is -0.724. The molecule has 7 heteroatoms. The van der Waals surface area contributed by atoms with Crippen molar-refractivity contribution < 1.29 is 38.9 Å². The van der Waals surface area contributed by atoms with Crippen LogP contribution in [0.5, 0.6) is 0 Å². The van der Waals surface area contributed by atoms with E-state index in [0.29, 0.717) is 0 Å². The molecule has 0 aliphatic rings. The summed E-state index contributed by atoms with van der Waals surface area (Å²) in [6.45, 7) is 9.06. The van der Waals surface area contributed by atoms with Gasteiger partial charge in [-0.15, -0.1) is 24.0 Å². The molecule has 1 aromatic carbocycles. The van der Waals surface area contributed by atoms with Crippen LogP contribution in [0, 0.1) is 6.92 Å². The second kappa shape index (κ2) is 11.8. The summed E-state index contributed by atoms with van der Waals surface area (Å²) in [4.78, 5) is 15.3. The quantitative estimate of drug-likeness (QED) is 0.212. The molecule has 0 amide bonds. The number of esters is 1. The van der Waals surface area contributed by atoms with Gasteiger partial charge in [-0.2, -0.15) is 0 Å². The van der Waals surface area contributed by atoms with Crippen LogP contribution in [0.15, 0.2) is 35.3 Å². The van der Waals surface area contributed by atoms with Gasteiger partial charge in [0, 0.05) is 25.1 Å². The zero-order valence-electron chi connectivity index (χ0n) is 13.8. The second-order valence-electron chi connectivity index (χ2n) is 5.61. The molecule has 23 heavy (non-hydrogen) atoms. The number of carbonyl (C=O) groups excluding carboxylic acids is 1. The van der Waals surface area contributed by atoms with Gasteiger partial charge in [0.1, 0.15) is 12.7 Å². The van der Waals surface area contributed by atoms with Crippen LogP contribution in [0.2, 0.25) is 0 Å². The predicted molar refractivity (Wildman–Crippen MR) is 93.7 cm³/mol. The first-order valence-corrected chi connectivity index (χ1v) is 6.73. The van der Waals surface area contributed by atoms with Gasteiger partial charge in [0.2, 0.25) is 0 Å². The molecule has 0 aliphatic heterocycles. The average molecular weight is 485 g/mol. The van der Waals surface area contributed by atoms with Crippen molar-refractivity contribution in [3.63, 3.8) is 0 Å². The summed E-state index contributed by atoms with van der Waals surface area (Å²) < 4.78 is 10.1. The maximum atomic E-state index is 11.6. The Morgan fingerprint density at radius 2 is 1.87 bits per heavy atom. The van der Waals surface area contributed by atoms with E-state index >= 15 is 0 Å². The van der Waals surface area contributed by atoms with Gasteiger partial charge in [-0.3, -0.25) is 9.79 Å². The van der Waals surface area contributed by atoms with E-state index < -0.39 is 23.7 Å². The number of carbonyl (C=O) groups is 1. The molecule has 0 bridgehead atoms. The van der Waals surface area contributed by atoms with Crippen molar-refractivity contribution in [3.05, 3.63) is 42.8 Å². The first kappa shape index (κ1) is 24.6. The van der Waals surface area contributed by atoms with Gasteiger partial charge in [-0.1, -0.05) is 51.1 Å². The van der Waals surface area contributed by atoms with Crippen molar-refractivity contribution >= 4 is 36.0 Å². The summed E-state index contributed by atoms with van der Waals surface area (Å²) in [6.07, 6.45) is -0.787. The van der Waals surface area contributed by atoms with Gasteiger partial charge in [0.25, 0.3) is 0 Å². The smallest absolute Gasteiger partial charge is 0.308 e. The predicted octanol–water partition coefficient (Wildman–Crippen LogP) is 2.47. The first-order chi connectivity index (χ1) is 9.76. The number of rotatable bonds is 5. The van der Waals surface area contributed by atoms with E-state index in [9.17, 15) is 9.90 Å². The Kier molecular flexibility index (Phi) is 12.6. The monoisotopic (exact) mass is 483 g/mol. The number of aliphatic imine (C=N–C) groups is 1. The third-order valence-corrected chi connectivity index (χ3v) is 2.33. The molecule has 125 valence electrons. The van der Waals surface area contributed by atoms with Crippen LogP contribution >= 0.6 is 24.0 Å². The van der Waals surface area contributed by atoms with E-state index in [-0.39, 0.29) is 56.5 Å². The van der Waals surface area contributed by atoms with Crippen LogP contribution in [0.25, 0.3) is 0 Å². The van der Waals surface area contributed by atoms with E-state index in [1.54, 1.807) is 20.8 Å². The fourth-order valence-electron chi connectivity index (χ4n) is 1.47. The van der Waals surface area contributed by atoms with E-state index in [2.05, 4.69) is 11.9 Å². The van der Waals surface area contributed by atoms with Gasteiger partial charge in [0.05, 0.1) is 12.5 Å². The molecule has 5 nitrogen and oxygen atoms in total. The van der Waals surface area contributed by atoms with Crippen molar-refractivity contribution in [2.24, 2.45) is 4.99 Å². The summed E-state index contributed by atoms with van der Waals surface area (Å²) >= 11 is 0. The Morgan fingerprint density at radius 3 is 2.39 bits per heavy atom. The van der Waals surface area contributed by atoms with Crippen LogP contribution in [-0.4, -0.2) is 23.7 Å². The summed E-state index contributed by atoms with van der Waals surface area (Å²) in [7, 11) is 0. The van der Waals surface area contributed by atoms with Crippen LogP contribution in [0.3, 0.4) is 0 Å². The Labute approximate surface area is 167 Å². The Hall–Kier alpha value is -0.687. The standard InChI is InChI=1S/C16H22NO4.HI.Zn/c1-12(17-15(19)21-16(2,3)4)10-14(18)20-11-13-8-6-5-7-9-13;;/h5-9,12H,1,10-11H2,2-4H3,(H,17,19);1H;/p-1/t12-;;/m1../s1. The van der Waals surface area contributed by atoms with Crippen LogP contribution in [0.4, 0.5) is 0 Å². The molecule has 0 spiro atoms. The molecule has 0 aromatic heterocycles. The number of halogens is 1. The normalized spacial score (nSPS) is 12.4. The molecule has 0 saturated heterocycles. The average Bonchev–Trinajstić information content (AvgIpc) is 2.35. The van der Waals surface area contributed by atoms with E-state index in [0.717, 1.165) is 5.56 Å². The summed E-state index contributed by atoms with van der Waals surface area (Å²) in [5.74, 6) is -0.453. The van der Waals surface area contributed by atoms with Crippen molar-refractivity contribution in [3.8, 4) is 0 Å². The first-order valence-electron chi connectivity index (χ1n) is 6.73. The number of nitrogens with zero attached hydrogens (tertiary/aromatic N) is 1. The molecule has 1 atom stereocenters. The molecule has 0 fully saturated rings. The van der Waals surface area contributed by atoms with Gasteiger partial charge in [-0.25, -0.2) is 0 Å². The maximum Gasteiger partial charge on any atom is 0.308 e. The van der Waals surface area contributed by atoms with Crippen LogP contribution in [0.1, 0.15) is 32.8 Å². The molecule has 0 N–H and O–H groups in total. The number of hydrogen-bond donors (Lipinski definition) is 0. The van der Waals surface area contributed by atoms with Crippen molar-refractivity contribution in [2.75, 3.05) is 0 Å². The molecular formula is C16H22INO4Zn-. The van der Waals surface area contributed by atoms with E-state index in [4.69, 9.17) is 9.47 Å². The van der Waals surface area contributed by atoms with Crippen LogP contribution < -0.4 is 5.11 Å². The molecule has 0 heterocycles. The molecule has 0 aliphatic carbocycles. The van der Waals surface area contributed by atoms with Gasteiger partial charge >= 0.3 is 5.97 Å². The maximum absolute atomic E-state index is 11.6. The van der Waals surface area contributed by atoms with Crippen molar-refractivity contribution in [1.29, 1.82) is 0 Å². The third kappa shape index (κ3) is 12.4. The van der Waals surface area contributed by atoms with Crippen molar-refractivity contribution in [2.45, 2.75) is 45.4 Å². The van der Waals surface area contributed by atoms with Gasteiger partial charge < -0.3 is 14.6 Å². The Balaban J connectivity index is 0. The molecule has 0 unspecified atom stereocenters. The summed E-state index contributed by atoms with van der Waals surface area (Å²) in [5.41, 5.74) is 0.282. The topological polar surface area (TPSA) is 71.0 Å². The minimum absolute atomic E-state index is 0. The fraction of sp³-hybridized carbons (Fsp3) is 0.438. The van der Waals surface area contributed by atoms with Crippen LogP contribution in [-0.2, 0) is 40.4 Å². The van der Waals surface area contributed by atoms with E-state index in [1.807, 2.05) is 30.3 Å². The third-order valence-electron chi connectivity index (χ3n) is 2.33. The number of benzene rings is 1. The molecule has 1 rings (SSSR count). The summed E-state index contributed by atoms with van der Waals surface area (Å²) in [6, 6.07) is 8.62. The Bertz CT molecular complexity index is 489. The second-order valence-corrected chi connectivity index (χ2v) is 5.61. The number of ether oxygens (including phenoxy) is 2. The van der Waals surface area contributed by atoms with Crippen molar-refractivity contribution in [1.82, 2.24) is 0 Å². The molecule has 1 radical (unpaired) electrons. The summed E-state index contributed by atoms with van der Waals surface area (Å²) in [5, 5.41) is 11.4. The molecular weight excluding hydrogens is 462 g/mol. The van der Waals surface area contributed by atoms with Gasteiger partial charge in [0.15, 0.2) is 0 Å². The van der Waals surface area contributed by atoms with Gasteiger partial charge in [-0.05, 0) is 12.5 Å². The SMILES string of the molecule is I.[CH2][C@H](CC(=O)OCc1ccccc1)N=C([O-])OC(C)(C)C.[Zn].